The third-order valence-electron chi connectivity index (χ3n) is 7.92. The molecule has 4 nitrogen and oxygen atoms in total. The van der Waals surface area contributed by atoms with Crippen LogP contribution >= 0.6 is 0 Å². The summed E-state index contributed by atoms with van der Waals surface area (Å²) in [5.41, 5.74) is 3.62. The predicted octanol–water partition coefficient (Wildman–Crippen LogP) is 10.4. The molecule has 0 amide bonds. The molecule has 0 heterocycles. The summed E-state index contributed by atoms with van der Waals surface area (Å²) in [6.07, 6.45) is 7.58. The maximum Gasteiger partial charge on any atom is 0.330 e. The lowest BCUT2D eigenvalue weighted by Crippen LogP contribution is -2.22. The summed E-state index contributed by atoms with van der Waals surface area (Å²) in [7, 11) is 0. The number of fused-ring (bicyclic) bond motifs is 2. The van der Waals surface area contributed by atoms with Gasteiger partial charge in [-0.1, -0.05) is 92.3 Å². The second kappa shape index (κ2) is 17.1. The van der Waals surface area contributed by atoms with Gasteiger partial charge in [-0.15, -0.1) is 0 Å². The lowest BCUT2D eigenvalue weighted by molar-refractivity contribution is -0.137. The van der Waals surface area contributed by atoms with Crippen molar-refractivity contribution in [2.75, 3.05) is 13.2 Å². The number of rotatable bonds is 12. The fraction of sp³-hybridized carbons (Fsp3) is 0.267. The van der Waals surface area contributed by atoms with Crippen molar-refractivity contribution in [2.24, 2.45) is 0 Å². The summed E-state index contributed by atoms with van der Waals surface area (Å²) >= 11 is 0. The molecular weight excluding hydrogens is 604 g/mol. The molecule has 0 atom stereocenters. The van der Waals surface area contributed by atoms with E-state index in [4.69, 9.17) is 14.2 Å². The van der Waals surface area contributed by atoms with Crippen molar-refractivity contribution >= 4 is 27.5 Å². The average molecular weight is 649 g/mol. The first-order chi connectivity index (χ1) is 23.8. The van der Waals surface area contributed by atoms with E-state index in [2.05, 4.69) is 84.9 Å². The minimum absolute atomic E-state index is 0.236. The summed E-state index contributed by atoms with van der Waals surface area (Å²) in [6.45, 7) is 10.7. The zero-order valence-electron chi connectivity index (χ0n) is 28.8. The van der Waals surface area contributed by atoms with Gasteiger partial charge in [0.15, 0.2) is 0 Å². The van der Waals surface area contributed by atoms with Gasteiger partial charge in [-0.05, 0) is 116 Å². The Morgan fingerprint density at radius 3 is 1.84 bits per heavy atom. The van der Waals surface area contributed by atoms with E-state index in [1.165, 1.54) is 6.08 Å². The van der Waals surface area contributed by atoms with Crippen LogP contribution in [0, 0.1) is 23.7 Å². The van der Waals surface area contributed by atoms with Crippen LogP contribution in [-0.2, 0) is 9.53 Å². The highest BCUT2D eigenvalue weighted by atomic mass is 16.5. The normalized spacial score (nSPS) is 10.8. The Kier molecular flexibility index (Phi) is 12.2. The van der Waals surface area contributed by atoms with Gasteiger partial charge in [-0.25, -0.2) is 4.79 Å². The quantitative estimate of drug-likeness (QED) is 0.0585. The van der Waals surface area contributed by atoms with E-state index in [-0.39, 0.29) is 11.6 Å². The number of unbranched alkanes of at least 4 members (excludes halogenated alkanes) is 5. The summed E-state index contributed by atoms with van der Waals surface area (Å²) in [5.74, 6) is 14.8. The third-order valence-corrected chi connectivity index (χ3v) is 7.92. The number of hydrogen-bond acceptors (Lipinski definition) is 4. The third kappa shape index (κ3) is 10.8. The first-order valence-electron chi connectivity index (χ1n) is 17.1. The van der Waals surface area contributed by atoms with E-state index in [9.17, 15) is 4.79 Å². The van der Waals surface area contributed by atoms with E-state index in [1.807, 2.05) is 63.2 Å². The summed E-state index contributed by atoms with van der Waals surface area (Å²) in [6, 6.07) is 32.9. The van der Waals surface area contributed by atoms with Crippen LogP contribution in [-0.4, -0.2) is 24.8 Å². The second-order valence-electron chi connectivity index (χ2n) is 13.0. The minimum atomic E-state index is -0.347. The lowest BCUT2D eigenvalue weighted by Gasteiger charge is -2.21. The summed E-state index contributed by atoms with van der Waals surface area (Å²) in [5, 5.41) is 4.44. The van der Waals surface area contributed by atoms with E-state index in [0.29, 0.717) is 13.2 Å². The van der Waals surface area contributed by atoms with Gasteiger partial charge in [-0.3, -0.25) is 0 Å². The van der Waals surface area contributed by atoms with Gasteiger partial charge in [-0.2, -0.15) is 0 Å². The highest BCUT2D eigenvalue weighted by molar-refractivity contribution is 5.93. The molecule has 5 aromatic carbocycles. The van der Waals surface area contributed by atoms with Crippen molar-refractivity contribution in [1.82, 2.24) is 0 Å². The molecule has 0 bridgehead atoms. The van der Waals surface area contributed by atoms with Gasteiger partial charge in [0, 0.05) is 28.3 Å². The lowest BCUT2D eigenvalue weighted by atomic mass is 9.99. The van der Waals surface area contributed by atoms with Crippen molar-refractivity contribution < 1.29 is 19.0 Å². The Morgan fingerprint density at radius 1 is 0.633 bits per heavy atom. The van der Waals surface area contributed by atoms with Gasteiger partial charge in [0.25, 0.3) is 0 Å². The monoisotopic (exact) mass is 648 g/mol. The van der Waals surface area contributed by atoms with E-state index in [0.717, 1.165) is 93.8 Å². The van der Waals surface area contributed by atoms with Crippen molar-refractivity contribution in [1.29, 1.82) is 0 Å². The van der Waals surface area contributed by atoms with Crippen LogP contribution in [0.5, 0.6) is 11.5 Å². The topological polar surface area (TPSA) is 44.8 Å². The molecule has 0 spiro atoms. The number of benzene rings is 5. The summed E-state index contributed by atoms with van der Waals surface area (Å²) in [4.78, 5) is 11.1. The molecule has 49 heavy (non-hydrogen) atoms. The molecule has 4 heteroatoms. The molecule has 0 saturated heterocycles. The second-order valence-corrected chi connectivity index (χ2v) is 13.0. The number of ether oxygens (including phenoxy) is 3. The van der Waals surface area contributed by atoms with Gasteiger partial charge in [0.05, 0.1) is 13.2 Å². The fourth-order valence-electron chi connectivity index (χ4n) is 5.48. The molecule has 5 aromatic rings. The molecular formula is C45H44O4. The first kappa shape index (κ1) is 34.9. The molecule has 0 fully saturated rings. The standard InChI is InChI=1S/C45H44O4/c1-5-44(46)48-31-13-9-7-6-8-12-30-47-41-29-26-38-32-35(18-23-39(38)33-41)17-22-37-25-24-36(42-14-10-11-15-43(37)42)21-16-34-19-27-40(28-20-34)49-45(2,3)4/h5,10-11,14-15,18-20,23-29,32-33H,1,6-9,12-13,30-31H2,2-4H3. The number of hydrogen-bond donors (Lipinski definition) is 0. The van der Waals surface area contributed by atoms with Gasteiger partial charge in [0.2, 0.25) is 0 Å². The molecule has 0 aliphatic heterocycles. The molecule has 0 N–H and O–H groups in total. The van der Waals surface area contributed by atoms with Crippen LogP contribution < -0.4 is 9.47 Å². The Balaban J connectivity index is 1.17. The first-order valence-corrected chi connectivity index (χ1v) is 17.1. The number of esters is 1. The van der Waals surface area contributed by atoms with E-state index >= 15 is 0 Å². The van der Waals surface area contributed by atoms with Crippen LogP contribution in [0.3, 0.4) is 0 Å². The Morgan fingerprint density at radius 2 is 1.18 bits per heavy atom. The molecule has 0 aromatic heterocycles. The molecule has 0 aliphatic rings. The van der Waals surface area contributed by atoms with Gasteiger partial charge >= 0.3 is 5.97 Å². The van der Waals surface area contributed by atoms with Crippen molar-refractivity contribution in [3.05, 3.63) is 132 Å². The zero-order chi connectivity index (χ0) is 34.5. The maximum absolute atomic E-state index is 11.1. The Labute approximate surface area is 291 Å². The van der Waals surface area contributed by atoms with E-state index in [1.54, 1.807) is 0 Å². The fourth-order valence-corrected chi connectivity index (χ4v) is 5.48. The maximum atomic E-state index is 11.1. The van der Waals surface area contributed by atoms with Crippen LogP contribution in [0.2, 0.25) is 0 Å². The van der Waals surface area contributed by atoms with Gasteiger partial charge < -0.3 is 14.2 Å². The van der Waals surface area contributed by atoms with Crippen LogP contribution in [0.4, 0.5) is 0 Å². The van der Waals surface area contributed by atoms with Crippen LogP contribution in [0.1, 0.15) is 81.5 Å². The smallest absolute Gasteiger partial charge is 0.330 e. The van der Waals surface area contributed by atoms with Gasteiger partial charge in [0.1, 0.15) is 17.1 Å². The molecule has 0 unspecified atom stereocenters. The molecule has 0 radical (unpaired) electrons. The molecule has 5 rings (SSSR count). The van der Waals surface area contributed by atoms with Crippen molar-refractivity contribution in [2.45, 2.75) is 64.9 Å². The molecule has 0 aliphatic carbocycles. The molecule has 0 saturated carbocycles. The number of carbonyl (C=O) groups excluding carboxylic acids is 1. The van der Waals surface area contributed by atoms with Crippen LogP contribution in [0.15, 0.2) is 110 Å². The molecule has 248 valence electrons. The average Bonchev–Trinajstić information content (AvgIpc) is 3.10. The largest absolute Gasteiger partial charge is 0.494 e. The summed E-state index contributed by atoms with van der Waals surface area (Å²) < 4.78 is 17.0. The minimum Gasteiger partial charge on any atom is -0.494 e. The highest BCUT2D eigenvalue weighted by Crippen LogP contribution is 2.25. The van der Waals surface area contributed by atoms with E-state index < -0.39 is 0 Å². The Bertz CT molecular complexity index is 2020. The SMILES string of the molecule is C=CC(=O)OCCCCCCCCOc1ccc2cc(C#Cc3ccc(C#Cc4ccc(OC(C)(C)C)cc4)c4ccccc34)ccc2c1. The van der Waals surface area contributed by atoms with Crippen molar-refractivity contribution in [3.8, 4) is 35.2 Å². The Hall–Kier alpha value is -5.45. The highest BCUT2D eigenvalue weighted by Gasteiger charge is 2.11. The van der Waals surface area contributed by atoms with Crippen LogP contribution in [0.25, 0.3) is 21.5 Å². The zero-order valence-corrected chi connectivity index (χ0v) is 28.8. The number of carbonyl (C=O) groups is 1. The predicted molar refractivity (Wildman–Crippen MR) is 201 cm³/mol. The van der Waals surface area contributed by atoms with Crippen molar-refractivity contribution in [3.63, 3.8) is 0 Å².